The number of hydrogen-bond donors (Lipinski definition) is 0. The standard InChI is InChI=1S/C13H16N2O2/c14-9-12-2-1-5-15(12)11-3-6-17-13(8-11)4-7-16-10-13/h1-2,5,11H,3-4,6-8,10H2. The maximum atomic E-state index is 9.07. The molecule has 1 aromatic rings. The normalized spacial score (nSPS) is 32.8. The molecule has 0 aliphatic carbocycles. The average molecular weight is 232 g/mol. The smallest absolute Gasteiger partial charge is 0.120 e. The van der Waals surface area contributed by atoms with Gasteiger partial charge in [-0.25, -0.2) is 0 Å². The Hall–Kier alpha value is -1.31. The SMILES string of the molecule is N#Cc1cccn1C1CCOC2(CCOC2)C1. The van der Waals surface area contributed by atoms with Crippen LogP contribution in [0.5, 0.6) is 0 Å². The lowest BCUT2D eigenvalue weighted by Crippen LogP contribution is -2.41. The lowest BCUT2D eigenvalue weighted by molar-refractivity contribution is -0.0948. The fourth-order valence-corrected chi connectivity index (χ4v) is 2.91. The maximum Gasteiger partial charge on any atom is 0.120 e. The summed E-state index contributed by atoms with van der Waals surface area (Å²) in [6.45, 7) is 2.26. The zero-order valence-corrected chi connectivity index (χ0v) is 9.76. The van der Waals surface area contributed by atoms with E-state index in [1.54, 1.807) is 0 Å². The molecule has 0 radical (unpaired) electrons. The van der Waals surface area contributed by atoms with Crippen LogP contribution >= 0.6 is 0 Å². The molecule has 4 heteroatoms. The molecule has 0 aromatic carbocycles. The van der Waals surface area contributed by atoms with Crippen molar-refractivity contribution >= 4 is 0 Å². The second kappa shape index (κ2) is 4.17. The van der Waals surface area contributed by atoms with Crippen molar-refractivity contribution in [3.05, 3.63) is 24.0 Å². The summed E-state index contributed by atoms with van der Waals surface area (Å²) in [5.41, 5.74) is 0.644. The van der Waals surface area contributed by atoms with Crippen LogP contribution in [-0.4, -0.2) is 30.0 Å². The summed E-state index contributed by atoms with van der Waals surface area (Å²) in [5, 5.41) is 9.07. The Morgan fingerprint density at radius 2 is 2.41 bits per heavy atom. The van der Waals surface area contributed by atoms with Crippen LogP contribution in [0.25, 0.3) is 0 Å². The minimum absolute atomic E-state index is 0.0973. The first-order valence-corrected chi connectivity index (χ1v) is 6.12. The van der Waals surface area contributed by atoms with Crippen LogP contribution in [0.3, 0.4) is 0 Å². The molecule has 3 rings (SSSR count). The highest BCUT2D eigenvalue weighted by Gasteiger charge is 2.41. The van der Waals surface area contributed by atoms with Gasteiger partial charge < -0.3 is 14.0 Å². The first-order valence-electron chi connectivity index (χ1n) is 6.12. The molecular formula is C13H16N2O2. The molecular weight excluding hydrogens is 216 g/mol. The van der Waals surface area contributed by atoms with Crippen molar-refractivity contribution in [3.8, 4) is 6.07 Å². The molecule has 1 aromatic heterocycles. The van der Waals surface area contributed by atoms with Gasteiger partial charge in [0.15, 0.2) is 0 Å². The number of ether oxygens (including phenoxy) is 2. The van der Waals surface area contributed by atoms with E-state index in [0.29, 0.717) is 12.6 Å². The van der Waals surface area contributed by atoms with Gasteiger partial charge in [-0.3, -0.25) is 0 Å². The molecule has 2 unspecified atom stereocenters. The van der Waals surface area contributed by atoms with E-state index in [4.69, 9.17) is 14.7 Å². The van der Waals surface area contributed by atoms with Crippen molar-refractivity contribution in [2.24, 2.45) is 0 Å². The van der Waals surface area contributed by atoms with Crippen molar-refractivity contribution in [1.82, 2.24) is 4.57 Å². The first-order chi connectivity index (χ1) is 8.33. The van der Waals surface area contributed by atoms with Crippen LogP contribution < -0.4 is 0 Å². The zero-order valence-electron chi connectivity index (χ0n) is 9.76. The van der Waals surface area contributed by atoms with Crippen molar-refractivity contribution in [1.29, 1.82) is 5.26 Å². The molecule has 2 atom stereocenters. The fourth-order valence-electron chi connectivity index (χ4n) is 2.91. The molecule has 2 aliphatic rings. The molecule has 2 aliphatic heterocycles. The van der Waals surface area contributed by atoms with Gasteiger partial charge in [0.05, 0.1) is 12.2 Å². The van der Waals surface area contributed by atoms with Gasteiger partial charge in [0.2, 0.25) is 0 Å². The third-order valence-electron chi connectivity index (χ3n) is 3.82. The second-order valence-corrected chi connectivity index (χ2v) is 4.89. The number of rotatable bonds is 1. The van der Waals surface area contributed by atoms with Gasteiger partial charge in [-0.2, -0.15) is 5.26 Å². The number of nitrogens with zero attached hydrogens (tertiary/aromatic N) is 2. The van der Waals surface area contributed by atoms with E-state index >= 15 is 0 Å². The summed E-state index contributed by atoms with van der Waals surface area (Å²) in [6.07, 6.45) is 4.91. The lowest BCUT2D eigenvalue weighted by atomic mass is 9.89. The predicted molar refractivity (Wildman–Crippen MR) is 61.5 cm³/mol. The largest absolute Gasteiger partial charge is 0.378 e. The molecule has 4 nitrogen and oxygen atoms in total. The zero-order chi connectivity index (χ0) is 11.7. The highest BCUT2D eigenvalue weighted by Crippen LogP contribution is 2.38. The van der Waals surface area contributed by atoms with E-state index in [2.05, 4.69) is 10.6 Å². The van der Waals surface area contributed by atoms with E-state index < -0.39 is 0 Å². The Balaban J connectivity index is 1.82. The van der Waals surface area contributed by atoms with Gasteiger partial charge in [0.1, 0.15) is 11.8 Å². The third-order valence-corrected chi connectivity index (χ3v) is 3.82. The van der Waals surface area contributed by atoms with Crippen molar-refractivity contribution in [2.75, 3.05) is 19.8 Å². The highest BCUT2D eigenvalue weighted by molar-refractivity contribution is 5.23. The highest BCUT2D eigenvalue weighted by atomic mass is 16.6. The quantitative estimate of drug-likeness (QED) is 0.742. The molecule has 90 valence electrons. The van der Waals surface area contributed by atoms with Gasteiger partial charge in [-0.15, -0.1) is 0 Å². The maximum absolute atomic E-state index is 9.07. The third kappa shape index (κ3) is 1.86. The summed E-state index contributed by atoms with van der Waals surface area (Å²) in [4.78, 5) is 0. The van der Waals surface area contributed by atoms with Crippen LogP contribution in [-0.2, 0) is 9.47 Å². The Bertz CT molecular complexity index is 441. The summed E-state index contributed by atoms with van der Waals surface area (Å²) < 4.78 is 13.5. The summed E-state index contributed by atoms with van der Waals surface area (Å²) in [7, 11) is 0. The first kappa shape index (κ1) is 10.8. The summed E-state index contributed by atoms with van der Waals surface area (Å²) in [6, 6.07) is 6.42. The van der Waals surface area contributed by atoms with Gasteiger partial charge in [-0.05, 0) is 25.0 Å². The van der Waals surface area contributed by atoms with Crippen molar-refractivity contribution in [3.63, 3.8) is 0 Å². The minimum Gasteiger partial charge on any atom is -0.378 e. The van der Waals surface area contributed by atoms with Crippen LogP contribution in [0.2, 0.25) is 0 Å². The van der Waals surface area contributed by atoms with E-state index in [0.717, 1.165) is 38.2 Å². The Labute approximate surface area is 101 Å². The molecule has 2 fully saturated rings. The van der Waals surface area contributed by atoms with Crippen molar-refractivity contribution < 1.29 is 9.47 Å². The molecule has 17 heavy (non-hydrogen) atoms. The van der Waals surface area contributed by atoms with E-state index in [-0.39, 0.29) is 5.60 Å². The van der Waals surface area contributed by atoms with Crippen LogP contribution in [0.1, 0.15) is 31.0 Å². The van der Waals surface area contributed by atoms with Crippen LogP contribution in [0.4, 0.5) is 0 Å². The molecule has 0 saturated carbocycles. The monoisotopic (exact) mass is 232 g/mol. The lowest BCUT2D eigenvalue weighted by Gasteiger charge is -2.37. The second-order valence-electron chi connectivity index (χ2n) is 4.89. The Kier molecular flexibility index (Phi) is 2.65. The molecule has 3 heterocycles. The number of nitriles is 1. The minimum atomic E-state index is -0.0973. The molecule has 0 N–H and O–H groups in total. The van der Waals surface area contributed by atoms with Crippen LogP contribution in [0.15, 0.2) is 18.3 Å². The number of hydrogen-bond acceptors (Lipinski definition) is 3. The molecule has 0 bridgehead atoms. The van der Waals surface area contributed by atoms with E-state index in [1.165, 1.54) is 0 Å². The molecule has 2 saturated heterocycles. The molecule has 1 spiro atoms. The van der Waals surface area contributed by atoms with Gasteiger partial charge >= 0.3 is 0 Å². The number of aromatic nitrogens is 1. The Morgan fingerprint density at radius 3 is 3.18 bits per heavy atom. The summed E-state index contributed by atoms with van der Waals surface area (Å²) in [5.74, 6) is 0. The van der Waals surface area contributed by atoms with Gasteiger partial charge in [0.25, 0.3) is 0 Å². The topological polar surface area (TPSA) is 47.2 Å². The fraction of sp³-hybridized carbons (Fsp3) is 0.615. The van der Waals surface area contributed by atoms with E-state index in [9.17, 15) is 0 Å². The van der Waals surface area contributed by atoms with Crippen molar-refractivity contribution in [2.45, 2.75) is 30.9 Å². The predicted octanol–water partition coefficient (Wildman–Crippen LogP) is 1.87. The average Bonchev–Trinajstić information content (AvgIpc) is 2.98. The molecule has 0 amide bonds. The summed E-state index contributed by atoms with van der Waals surface area (Å²) >= 11 is 0. The van der Waals surface area contributed by atoms with E-state index in [1.807, 2.05) is 18.3 Å². The Morgan fingerprint density at radius 1 is 1.47 bits per heavy atom. The van der Waals surface area contributed by atoms with Gasteiger partial charge in [-0.1, -0.05) is 0 Å². The van der Waals surface area contributed by atoms with Gasteiger partial charge in [0, 0.05) is 31.9 Å². The van der Waals surface area contributed by atoms with Crippen LogP contribution in [0, 0.1) is 11.3 Å².